The molecule has 0 saturated heterocycles. The van der Waals surface area contributed by atoms with Crippen LogP contribution >= 0.6 is 23.2 Å². The van der Waals surface area contributed by atoms with E-state index in [0.717, 1.165) is 19.3 Å². The van der Waals surface area contributed by atoms with E-state index in [0.29, 0.717) is 28.7 Å². The van der Waals surface area contributed by atoms with Crippen molar-refractivity contribution in [2.45, 2.75) is 39.5 Å². The van der Waals surface area contributed by atoms with Crippen LogP contribution in [0.25, 0.3) is 0 Å². The Kier molecular flexibility index (Phi) is 8.28. The van der Waals surface area contributed by atoms with Crippen molar-refractivity contribution in [3.05, 3.63) is 28.2 Å². The van der Waals surface area contributed by atoms with Crippen molar-refractivity contribution in [1.29, 1.82) is 0 Å². The number of amides is 2. The molecule has 0 atom stereocenters. The number of halogens is 2. The molecule has 1 N–H and O–H groups in total. The van der Waals surface area contributed by atoms with Gasteiger partial charge in [-0.05, 0) is 31.0 Å². The summed E-state index contributed by atoms with van der Waals surface area (Å²) in [5.41, 5.74) is 0.455. The summed E-state index contributed by atoms with van der Waals surface area (Å²) in [5, 5.41) is 3.61. The first kappa shape index (κ1) is 18.8. The van der Waals surface area contributed by atoms with Gasteiger partial charge in [0.05, 0.1) is 17.3 Å². The van der Waals surface area contributed by atoms with Crippen LogP contribution in [-0.2, 0) is 9.59 Å². The van der Waals surface area contributed by atoms with Gasteiger partial charge in [0.1, 0.15) is 0 Å². The van der Waals surface area contributed by atoms with Gasteiger partial charge in [0, 0.05) is 18.0 Å². The SMILES string of the molecule is CCCCC(=O)N(CCC)CC(=O)Nc1cc(Cl)ccc1Cl. The summed E-state index contributed by atoms with van der Waals surface area (Å²) >= 11 is 11.9. The summed E-state index contributed by atoms with van der Waals surface area (Å²) in [6, 6.07) is 4.86. The highest BCUT2D eigenvalue weighted by atomic mass is 35.5. The van der Waals surface area contributed by atoms with Crippen molar-refractivity contribution >= 4 is 40.7 Å². The molecular weight excluding hydrogens is 323 g/mol. The van der Waals surface area contributed by atoms with Gasteiger partial charge in [0.2, 0.25) is 11.8 Å². The average Bonchev–Trinajstić information content (AvgIpc) is 2.48. The molecular formula is C16H22Cl2N2O2. The fraction of sp³-hybridized carbons (Fsp3) is 0.500. The average molecular weight is 345 g/mol. The van der Waals surface area contributed by atoms with Gasteiger partial charge < -0.3 is 10.2 Å². The molecule has 6 heteroatoms. The Morgan fingerprint density at radius 1 is 1.18 bits per heavy atom. The van der Waals surface area contributed by atoms with Gasteiger partial charge in [-0.1, -0.05) is 43.5 Å². The van der Waals surface area contributed by atoms with Gasteiger partial charge in [-0.15, -0.1) is 0 Å². The van der Waals surface area contributed by atoms with E-state index in [1.165, 1.54) is 0 Å². The maximum absolute atomic E-state index is 12.1. The summed E-state index contributed by atoms with van der Waals surface area (Å²) in [6.07, 6.45) is 3.07. The number of benzene rings is 1. The molecule has 0 bridgehead atoms. The van der Waals surface area contributed by atoms with E-state index in [4.69, 9.17) is 23.2 Å². The summed E-state index contributed by atoms with van der Waals surface area (Å²) in [7, 11) is 0. The van der Waals surface area contributed by atoms with Crippen molar-refractivity contribution in [3.8, 4) is 0 Å². The highest BCUT2D eigenvalue weighted by Gasteiger charge is 2.16. The predicted octanol–water partition coefficient (Wildman–Crippen LogP) is 4.36. The molecule has 0 spiro atoms. The second kappa shape index (κ2) is 9.70. The highest BCUT2D eigenvalue weighted by molar-refractivity contribution is 6.35. The van der Waals surface area contributed by atoms with Gasteiger partial charge >= 0.3 is 0 Å². The minimum atomic E-state index is -0.275. The molecule has 122 valence electrons. The lowest BCUT2D eigenvalue weighted by molar-refractivity contribution is -0.134. The molecule has 1 aromatic rings. The quantitative estimate of drug-likeness (QED) is 0.761. The van der Waals surface area contributed by atoms with Crippen molar-refractivity contribution < 1.29 is 9.59 Å². The maximum Gasteiger partial charge on any atom is 0.244 e. The second-order valence-corrected chi connectivity index (χ2v) is 5.93. The lowest BCUT2D eigenvalue weighted by atomic mass is 10.2. The van der Waals surface area contributed by atoms with Gasteiger partial charge in [-0.3, -0.25) is 9.59 Å². The minimum Gasteiger partial charge on any atom is -0.333 e. The zero-order valence-electron chi connectivity index (χ0n) is 13.0. The summed E-state index contributed by atoms with van der Waals surface area (Å²) in [6.45, 7) is 4.61. The Morgan fingerprint density at radius 3 is 2.55 bits per heavy atom. The topological polar surface area (TPSA) is 49.4 Å². The normalized spacial score (nSPS) is 10.4. The van der Waals surface area contributed by atoms with Crippen LogP contribution in [0.5, 0.6) is 0 Å². The third-order valence-electron chi connectivity index (χ3n) is 3.13. The highest BCUT2D eigenvalue weighted by Crippen LogP contribution is 2.25. The van der Waals surface area contributed by atoms with E-state index in [1.54, 1.807) is 23.1 Å². The molecule has 0 saturated carbocycles. The monoisotopic (exact) mass is 344 g/mol. The number of hydrogen-bond acceptors (Lipinski definition) is 2. The molecule has 1 rings (SSSR count). The zero-order valence-corrected chi connectivity index (χ0v) is 14.5. The second-order valence-electron chi connectivity index (χ2n) is 5.09. The third-order valence-corrected chi connectivity index (χ3v) is 3.69. The predicted molar refractivity (Wildman–Crippen MR) is 91.5 cm³/mol. The van der Waals surface area contributed by atoms with Crippen molar-refractivity contribution in [1.82, 2.24) is 4.90 Å². The minimum absolute atomic E-state index is 0.0102. The molecule has 0 heterocycles. The van der Waals surface area contributed by atoms with E-state index in [2.05, 4.69) is 5.32 Å². The number of anilines is 1. The summed E-state index contributed by atoms with van der Waals surface area (Å²) in [5.74, 6) is -0.265. The van der Waals surface area contributed by atoms with Crippen LogP contribution in [0.1, 0.15) is 39.5 Å². The largest absolute Gasteiger partial charge is 0.333 e. The van der Waals surface area contributed by atoms with Crippen molar-refractivity contribution in [2.24, 2.45) is 0 Å². The molecule has 22 heavy (non-hydrogen) atoms. The molecule has 0 unspecified atom stereocenters. The van der Waals surface area contributed by atoms with Crippen LogP contribution < -0.4 is 5.32 Å². The van der Waals surface area contributed by atoms with E-state index < -0.39 is 0 Å². The van der Waals surface area contributed by atoms with Crippen molar-refractivity contribution in [3.63, 3.8) is 0 Å². The first-order chi connectivity index (χ1) is 10.5. The molecule has 4 nitrogen and oxygen atoms in total. The Morgan fingerprint density at radius 2 is 1.91 bits per heavy atom. The van der Waals surface area contributed by atoms with E-state index in [9.17, 15) is 9.59 Å². The van der Waals surface area contributed by atoms with E-state index in [1.807, 2.05) is 13.8 Å². The van der Waals surface area contributed by atoms with E-state index in [-0.39, 0.29) is 18.4 Å². The first-order valence-corrected chi connectivity index (χ1v) is 8.26. The number of rotatable bonds is 8. The van der Waals surface area contributed by atoms with E-state index >= 15 is 0 Å². The van der Waals surface area contributed by atoms with Crippen LogP contribution in [0.15, 0.2) is 18.2 Å². The number of unbranched alkanes of at least 4 members (excludes halogenated alkanes) is 1. The Hall–Kier alpha value is -1.26. The van der Waals surface area contributed by atoms with Crippen LogP contribution in [-0.4, -0.2) is 29.8 Å². The lowest BCUT2D eigenvalue weighted by Gasteiger charge is -2.21. The molecule has 0 aliphatic heterocycles. The summed E-state index contributed by atoms with van der Waals surface area (Å²) < 4.78 is 0. The molecule has 0 aliphatic rings. The van der Waals surface area contributed by atoms with Gasteiger partial charge in [0.15, 0.2) is 0 Å². The summed E-state index contributed by atoms with van der Waals surface area (Å²) in [4.78, 5) is 25.8. The molecule has 1 aromatic carbocycles. The molecule has 0 radical (unpaired) electrons. The number of hydrogen-bond donors (Lipinski definition) is 1. The Bertz CT molecular complexity index is 521. The number of nitrogens with one attached hydrogen (secondary N) is 1. The maximum atomic E-state index is 12.1. The smallest absolute Gasteiger partial charge is 0.244 e. The Balaban J connectivity index is 2.66. The van der Waals surface area contributed by atoms with Crippen LogP contribution in [0.3, 0.4) is 0 Å². The molecule has 0 aliphatic carbocycles. The fourth-order valence-corrected chi connectivity index (χ4v) is 2.34. The van der Waals surface area contributed by atoms with Gasteiger partial charge in [-0.25, -0.2) is 0 Å². The lowest BCUT2D eigenvalue weighted by Crippen LogP contribution is -2.38. The van der Waals surface area contributed by atoms with Gasteiger partial charge in [0.25, 0.3) is 0 Å². The third kappa shape index (κ3) is 6.24. The zero-order chi connectivity index (χ0) is 16.5. The molecule has 0 fully saturated rings. The van der Waals surface area contributed by atoms with Crippen LogP contribution in [0, 0.1) is 0 Å². The number of carbonyl (C=O) groups is 2. The molecule has 0 aromatic heterocycles. The number of carbonyl (C=O) groups excluding carboxylic acids is 2. The van der Waals surface area contributed by atoms with Crippen LogP contribution in [0.4, 0.5) is 5.69 Å². The van der Waals surface area contributed by atoms with Gasteiger partial charge in [-0.2, -0.15) is 0 Å². The number of nitrogens with zero attached hydrogens (tertiary/aromatic N) is 1. The van der Waals surface area contributed by atoms with Crippen molar-refractivity contribution in [2.75, 3.05) is 18.4 Å². The Labute approximate surface area is 141 Å². The standard InChI is InChI=1S/C16H22Cl2N2O2/c1-3-5-6-16(22)20(9-4-2)11-15(21)19-14-10-12(17)7-8-13(14)18/h7-8,10H,3-6,9,11H2,1-2H3,(H,19,21). The fourth-order valence-electron chi connectivity index (χ4n) is 2.00. The first-order valence-electron chi connectivity index (χ1n) is 7.50. The van der Waals surface area contributed by atoms with Crippen LogP contribution in [0.2, 0.25) is 10.0 Å². The molecule has 2 amide bonds.